The molecule has 0 aliphatic heterocycles. The van der Waals surface area contributed by atoms with Gasteiger partial charge in [-0.3, -0.25) is 0 Å². The molecular formula is C25H53N. The maximum Gasteiger partial charge on any atom is 0.00949 e. The summed E-state index contributed by atoms with van der Waals surface area (Å²) in [6, 6.07) is 1.50. The van der Waals surface area contributed by atoms with Crippen molar-refractivity contribution in [2.24, 2.45) is 0 Å². The van der Waals surface area contributed by atoms with Crippen molar-refractivity contribution in [2.75, 3.05) is 7.05 Å². The van der Waals surface area contributed by atoms with E-state index >= 15 is 0 Å². The van der Waals surface area contributed by atoms with Crippen LogP contribution in [0.1, 0.15) is 143 Å². The maximum atomic E-state index is 2.64. The lowest BCUT2D eigenvalue weighted by Gasteiger charge is -2.31. The summed E-state index contributed by atoms with van der Waals surface area (Å²) in [5.74, 6) is 0. The average molecular weight is 368 g/mol. The summed E-state index contributed by atoms with van der Waals surface area (Å²) in [5.41, 5.74) is 0. The third-order valence-electron chi connectivity index (χ3n) is 6.17. The molecule has 0 atom stereocenters. The molecule has 1 nitrogen and oxygen atoms in total. The number of hydrogen-bond donors (Lipinski definition) is 0. The smallest absolute Gasteiger partial charge is 0.00949 e. The van der Waals surface area contributed by atoms with Crippen LogP contribution in [0.25, 0.3) is 0 Å². The lowest BCUT2D eigenvalue weighted by atomic mass is 9.98. The Labute approximate surface area is 167 Å². The lowest BCUT2D eigenvalue weighted by Crippen LogP contribution is -2.37. The van der Waals surface area contributed by atoms with Crippen LogP contribution in [0.15, 0.2) is 0 Å². The van der Waals surface area contributed by atoms with E-state index in [1.807, 2.05) is 0 Å². The van der Waals surface area contributed by atoms with Gasteiger partial charge in [0.25, 0.3) is 0 Å². The second kappa shape index (κ2) is 19.7. The summed E-state index contributed by atoms with van der Waals surface area (Å²) in [4.78, 5) is 2.64. The zero-order valence-corrected chi connectivity index (χ0v) is 19.3. The van der Waals surface area contributed by atoms with Gasteiger partial charge in [0, 0.05) is 12.1 Å². The number of hydrogen-bond acceptors (Lipinski definition) is 1. The summed E-state index contributed by atoms with van der Waals surface area (Å²) >= 11 is 0. The number of nitrogens with zero attached hydrogens (tertiary/aromatic N) is 1. The molecule has 26 heavy (non-hydrogen) atoms. The van der Waals surface area contributed by atoms with Crippen molar-refractivity contribution >= 4 is 0 Å². The summed E-state index contributed by atoms with van der Waals surface area (Å²) in [6.45, 7) is 9.32. The molecule has 0 spiro atoms. The van der Waals surface area contributed by atoms with E-state index in [2.05, 4.69) is 39.6 Å². The Morgan fingerprint density at radius 1 is 0.500 bits per heavy atom. The fourth-order valence-corrected chi connectivity index (χ4v) is 4.00. The van der Waals surface area contributed by atoms with Crippen LogP contribution < -0.4 is 0 Å². The molecule has 0 saturated carbocycles. The molecule has 0 bridgehead atoms. The summed E-state index contributed by atoms with van der Waals surface area (Å²) in [5, 5.41) is 0. The van der Waals surface area contributed by atoms with Crippen LogP contribution in [0.2, 0.25) is 0 Å². The molecule has 0 unspecified atom stereocenters. The van der Waals surface area contributed by atoms with Gasteiger partial charge in [0.05, 0.1) is 0 Å². The number of rotatable bonds is 20. The molecule has 0 fully saturated rings. The summed E-state index contributed by atoms with van der Waals surface area (Å²) in [7, 11) is 2.35. The lowest BCUT2D eigenvalue weighted by molar-refractivity contribution is 0.169. The third-order valence-corrected chi connectivity index (χ3v) is 6.17. The fourth-order valence-electron chi connectivity index (χ4n) is 4.00. The predicted octanol–water partition coefficient (Wildman–Crippen LogP) is 8.76. The van der Waals surface area contributed by atoms with Gasteiger partial charge in [-0.1, -0.05) is 117 Å². The van der Waals surface area contributed by atoms with Crippen LogP contribution in [0.3, 0.4) is 0 Å². The van der Waals surface area contributed by atoms with Crippen molar-refractivity contribution in [1.29, 1.82) is 0 Å². The zero-order valence-electron chi connectivity index (χ0n) is 19.3. The van der Waals surface area contributed by atoms with Gasteiger partial charge in [0.1, 0.15) is 0 Å². The molecule has 1 heteroatoms. The SMILES string of the molecule is CCCCCCCCCCC(CCCCCCCCCC)N(C)C(C)C. The first kappa shape index (κ1) is 26.0. The Morgan fingerprint density at radius 2 is 0.808 bits per heavy atom. The van der Waals surface area contributed by atoms with Crippen LogP contribution in [0.5, 0.6) is 0 Å². The van der Waals surface area contributed by atoms with E-state index in [1.54, 1.807) is 0 Å². The quantitative estimate of drug-likeness (QED) is 0.194. The van der Waals surface area contributed by atoms with Crippen LogP contribution in [0, 0.1) is 0 Å². The molecule has 0 aliphatic carbocycles. The van der Waals surface area contributed by atoms with Gasteiger partial charge >= 0.3 is 0 Å². The topological polar surface area (TPSA) is 3.24 Å². The first-order valence-electron chi connectivity index (χ1n) is 12.3. The Morgan fingerprint density at radius 3 is 1.12 bits per heavy atom. The highest BCUT2D eigenvalue weighted by atomic mass is 15.1. The first-order chi connectivity index (χ1) is 12.6. The zero-order chi connectivity index (χ0) is 19.5. The highest BCUT2D eigenvalue weighted by Gasteiger charge is 2.16. The molecule has 0 radical (unpaired) electrons. The Hall–Kier alpha value is -0.0400. The van der Waals surface area contributed by atoms with Crippen molar-refractivity contribution in [1.82, 2.24) is 4.90 Å². The van der Waals surface area contributed by atoms with E-state index in [9.17, 15) is 0 Å². The monoisotopic (exact) mass is 367 g/mol. The summed E-state index contributed by atoms with van der Waals surface area (Å²) in [6.07, 6.45) is 25.9. The van der Waals surface area contributed by atoms with Crippen LogP contribution in [-0.2, 0) is 0 Å². The minimum atomic E-state index is 0.683. The predicted molar refractivity (Wildman–Crippen MR) is 121 cm³/mol. The highest BCUT2D eigenvalue weighted by Crippen LogP contribution is 2.19. The first-order valence-corrected chi connectivity index (χ1v) is 12.3. The molecule has 0 heterocycles. The van der Waals surface area contributed by atoms with Crippen molar-refractivity contribution < 1.29 is 0 Å². The van der Waals surface area contributed by atoms with Gasteiger partial charge in [-0.25, -0.2) is 0 Å². The number of unbranched alkanes of at least 4 members (excludes halogenated alkanes) is 14. The normalized spacial score (nSPS) is 12.0. The largest absolute Gasteiger partial charge is 0.301 e. The average Bonchev–Trinajstić information content (AvgIpc) is 2.63. The third kappa shape index (κ3) is 16.2. The van der Waals surface area contributed by atoms with Gasteiger partial charge in [-0.05, 0) is 33.7 Å². The van der Waals surface area contributed by atoms with E-state index in [0.29, 0.717) is 6.04 Å². The Kier molecular flexibility index (Phi) is 19.7. The molecule has 0 rings (SSSR count). The van der Waals surface area contributed by atoms with Crippen molar-refractivity contribution in [3.8, 4) is 0 Å². The minimum absolute atomic E-state index is 0.683. The molecule has 0 aromatic rings. The molecular weight excluding hydrogens is 314 g/mol. The van der Waals surface area contributed by atoms with Crippen LogP contribution >= 0.6 is 0 Å². The maximum absolute atomic E-state index is 2.64. The standard InChI is InChI=1S/C25H53N/c1-6-8-10-12-14-16-18-20-22-25(26(5)24(3)4)23-21-19-17-15-13-11-9-7-2/h24-25H,6-23H2,1-5H3. The summed E-state index contributed by atoms with van der Waals surface area (Å²) < 4.78 is 0. The van der Waals surface area contributed by atoms with Gasteiger partial charge in [-0.15, -0.1) is 0 Å². The van der Waals surface area contributed by atoms with E-state index in [1.165, 1.54) is 116 Å². The Balaban J connectivity index is 3.78. The minimum Gasteiger partial charge on any atom is -0.301 e. The van der Waals surface area contributed by atoms with Gasteiger partial charge < -0.3 is 4.90 Å². The molecule has 0 aromatic carbocycles. The van der Waals surface area contributed by atoms with E-state index in [4.69, 9.17) is 0 Å². The van der Waals surface area contributed by atoms with Gasteiger partial charge in [-0.2, -0.15) is 0 Å². The molecule has 0 aliphatic rings. The van der Waals surface area contributed by atoms with Gasteiger partial charge in [0.2, 0.25) is 0 Å². The van der Waals surface area contributed by atoms with Crippen LogP contribution in [0.4, 0.5) is 0 Å². The van der Waals surface area contributed by atoms with Gasteiger partial charge in [0.15, 0.2) is 0 Å². The highest BCUT2D eigenvalue weighted by molar-refractivity contribution is 4.72. The van der Waals surface area contributed by atoms with Crippen molar-refractivity contribution in [3.63, 3.8) is 0 Å². The van der Waals surface area contributed by atoms with Crippen molar-refractivity contribution in [3.05, 3.63) is 0 Å². The molecule has 0 saturated heterocycles. The van der Waals surface area contributed by atoms with E-state index < -0.39 is 0 Å². The fraction of sp³-hybridized carbons (Fsp3) is 1.00. The second-order valence-corrected chi connectivity index (χ2v) is 8.94. The molecule has 158 valence electrons. The second-order valence-electron chi connectivity index (χ2n) is 8.94. The Bertz CT molecular complexity index is 241. The molecule has 0 amide bonds. The van der Waals surface area contributed by atoms with E-state index in [-0.39, 0.29) is 0 Å². The molecule has 0 aromatic heterocycles. The van der Waals surface area contributed by atoms with E-state index in [0.717, 1.165) is 6.04 Å². The molecule has 0 N–H and O–H groups in total. The van der Waals surface area contributed by atoms with Crippen molar-refractivity contribution in [2.45, 2.75) is 155 Å². The van der Waals surface area contributed by atoms with Crippen LogP contribution in [-0.4, -0.2) is 24.0 Å².